The van der Waals surface area contributed by atoms with Gasteiger partial charge in [-0.3, -0.25) is 0 Å². The minimum Gasteiger partial charge on any atom is -0.492 e. The van der Waals surface area contributed by atoms with Crippen LogP contribution in [0.25, 0.3) is 0 Å². The SMILES string of the molecule is Cc1ccc(OCCNc2ccc(Cl)cc2)cc1. The fourth-order valence-electron chi connectivity index (χ4n) is 1.57. The van der Waals surface area contributed by atoms with Gasteiger partial charge in [-0.05, 0) is 43.3 Å². The van der Waals surface area contributed by atoms with Crippen LogP contribution in [0.2, 0.25) is 5.02 Å². The molecule has 3 heteroatoms. The van der Waals surface area contributed by atoms with Gasteiger partial charge >= 0.3 is 0 Å². The molecule has 18 heavy (non-hydrogen) atoms. The average molecular weight is 262 g/mol. The van der Waals surface area contributed by atoms with E-state index in [4.69, 9.17) is 16.3 Å². The van der Waals surface area contributed by atoms with E-state index in [1.807, 2.05) is 48.5 Å². The summed E-state index contributed by atoms with van der Waals surface area (Å²) in [4.78, 5) is 0. The van der Waals surface area contributed by atoms with Crippen molar-refractivity contribution in [1.29, 1.82) is 0 Å². The van der Waals surface area contributed by atoms with Gasteiger partial charge in [0.15, 0.2) is 0 Å². The third kappa shape index (κ3) is 3.97. The number of anilines is 1. The smallest absolute Gasteiger partial charge is 0.119 e. The lowest BCUT2D eigenvalue weighted by molar-refractivity contribution is 0.333. The van der Waals surface area contributed by atoms with E-state index in [0.717, 1.165) is 23.0 Å². The molecule has 0 aliphatic rings. The minimum atomic E-state index is 0.631. The lowest BCUT2D eigenvalue weighted by atomic mass is 10.2. The summed E-state index contributed by atoms with van der Waals surface area (Å²) in [5.41, 5.74) is 2.29. The van der Waals surface area contributed by atoms with Crippen LogP contribution in [-0.2, 0) is 0 Å². The average Bonchev–Trinajstić information content (AvgIpc) is 2.39. The molecule has 2 nitrogen and oxygen atoms in total. The third-order valence-electron chi connectivity index (χ3n) is 2.57. The predicted octanol–water partition coefficient (Wildman–Crippen LogP) is 4.14. The van der Waals surface area contributed by atoms with Crippen molar-refractivity contribution in [3.05, 3.63) is 59.1 Å². The quantitative estimate of drug-likeness (QED) is 0.817. The van der Waals surface area contributed by atoms with Crippen LogP contribution in [0.15, 0.2) is 48.5 Å². The first-order valence-electron chi connectivity index (χ1n) is 5.93. The van der Waals surface area contributed by atoms with Gasteiger partial charge in [-0.25, -0.2) is 0 Å². The maximum absolute atomic E-state index is 5.81. The van der Waals surface area contributed by atoms with Crippen LogP contribution in [0.1, 0.15) is 5.56 Å². The molecule has 0 saturated carbocycles. The van der Waals surface area contributed by atoms with Crippen molar-refractivity contribution in [2.75, 3.05) is 18.5 Å². The Labute approximate surface area is 113 Å². The van der Waals surface area contributed by atoms with Gasteiger partial charge in [-0.15, -0.1) is 0 Å². The van der Waals surface area contributed by atoms with Gasteiger partial charge in [0, 0.05) is 17.3 Å². The van der Waals surface area contributed by atoms with Crippen molar-refractivity contribution in [3.8, 4) is 5.75 Å². The van der Waals surface area contributed by atoms with E-state index in [2.05, 4.69) is 12.2 Å². The second-order valence-corrected chi connectivity index (χ2v) is 4.53. The second kappa shape index (κ2) is 6.31. The van der Waals surface area contributed by atoms with Crippen molar-refractivity contribution >= 4 is 17.3 Å². The standard InChI is InChI=1S/C15H16ClNO/c1-12-2-8-15(9-3-12)18-11-10-17-14-6-4-13(16)5-7-14/h2-9,17H,10-11H2,1H3. The van der Waals surface area contributed by atoms with Crippen molar-refractivity contribution in [3.63, 3.8) is 0 Å². The molecule has 2 rings (SSSR count). The van der Waals surface area contributed by atoms with Crippen LogP contribution in [0.5, 0.6) is 5.75 Å². The predicted molar refractivity (Wildman–Crippen MR) is 76.6 cm³/mol. The zero-order chi connectivity index (χ0) is 12.8. The van der Waals surface area contributed by atoms with E-state index in [0.29, 0.717) is 6.61 Å². The highest BCUT2D eigenvalue weighted by atomic mass is 35.5. The molecular weight excluding hydrogens is 246 g/mol. The lowest BCUT2D eigenvalue weighted by Gasteiger charge is -2.08. The Bertz CT molecular complexity index is 431. The molecule has 2 aromatic carbocycles. The molecule has 0 atom stereocenters. The summed E-state index contributed by atoms with van der Waals surface area (Å²) in [7, 11) is 0. The molecule has 0 heterocycles. The van der Waals surface area contributed by atoms with Crippen LogP contribution < -0.4 is 10.1 Å². The van der Waals surface area contributed by atoms with Crippen molar-refractivity contribution in [2.45, 2.75) is 6.92 Å². The van der Waals surface area contributed by atoms with E-state index in [1.54, 1.807) is 0 Å². The van der Waals surface area contributed by atoms with Gasteiger partial charge in [0.05, 0.1) is 0 Å². The minimum absolute atomic E-state index is 0.631. The topological polar surface area (TPSA) is 21.3 Å². The van der Waals surface area contributed by atoms with Crippen molar-refractivity contribution in [2.24, 2.45) is 0 Å². The van der Waals surface area contributed by atoms with Gasteiger partial charge in [0.2, 0.25) is 0 Å². The summed E-state index contributed by atoms with van der Waals surface area (Å²) < 4.78 is 5.62. The molecule has 94 valence electrons. The normalized spacial score (nSPS) is 10.1. The first-order valence-corrected chi connectivity index (χ1v) is 6.31. The number of rotatable bonds is 5. The summed E-state index contributed by atoms with van der Waals surface area (Å²) in [6.45, 7) is 3.45. The molecule has 0 amide bonds. The van der Waals surface area contributed by atoms with Crippen LogP contribution in [0, 0.1) is 6.92 Å². The molecule has 0 aromatic heterocycles. The second-order valence-electron chi connectivity index (χ2n) is 4.10. The zero-order valence-electron chi connectivity index (χ0n) is 10.3. The van der Waals surface area contributed by atoms with E-state index < -0.39 is 0 Å². The molecule has 0 radical (unpaired) electrons. The van der Waals surface area contributed by atoms with Crippen LogP contribution in [-0.4, -0.2) is 13.2 Å². The van der Waals surface area contributed by atoms with Gasteiger partial charge in [-0.2, -0.15) is 0 Å². The highest BCUT2D eigenvalue weighted by molar-refractivity contribution is 6.30. The maximum atomic E-state index is 5.81. The Kier molecular flexibility index (Phi) is 4.48. The number of benzene rings is 2. The molecule has 0 fully saturated rings. The van der Waals surface area contributed by atoms with E-state index in [-0.39, 0.29) is 0 Å². The number of hydrogen-bond donors (Lipinski definition) is 1. The molecule has 0 saturated heterocycles. The van der Waals surface area contributed by atoms with Crippen LogP contribution in [0.3, 0.4) is 0 Å². The van der Waals surface area contributed by atoms with Crippen molar-refractivity contribution < 1.29 is 4.74 Å². The first kappa shape index (κ1) is 12.8. The first-order chi connectivity index (χ1) is 8.74. The highest BCUT2D eigenvalue weighted by Gasteiger charge is 1.94. The monoisotopic (exact) mass is 261 g/mol. The van der Waals surface area contributed by atoms with E-state index in [9.17, 15) is 0 Å². The highest BCUT2D eigenvalue weighted by Crippen LogP contribution is 2.13. The van der Waals surface area contributed by atoms with Gasteiger partial charge in [0.25, 0.3) is 0 Å². The Balaban J connectivity index is 1.73. The van der Waals surface area contributed by atoms with E-state index >= 15 is 0 Å². The molecular formula is C15H16ClNO. The largest absolute Gasteiger partial charge is 0.492 e. The number of aryl methyl sites for hydroxylation is 1. The number of halogens is 1. The van der Waals surface area contributed by atoms with Gasteiger partial charge < -0.3 is 10.1 Å². The van der Waals surface area contributed by atoms with Crippen molar-refractivity contribution in [1.82, 2.24) is 0 Å². The molecule has 0 aliphatic carbocycles. The Hall–Kier alpha value is -1.67. The third-order valence-corrected chi connectivity index (χ3v) is 2.82. The summed E-state index contributed by atoms with van der Waals surface area (Å²) in [6, 6.07) is 15.7. The number of ether oxygens (including phenoxy) is 1. The molecule has 0 bridgehead atoms. The maximum Gasteiger partial charge on any atom is 0.119 e. The number of nitrogens with one attached hydrogen (secondary N) is 1. The molecule has 0 aliphatic heterocycles. The van der Waals surface area contributed by atoms with Gasteiger partial charge in [0.1, 0.15) is 12.4 Å². The summed E-state index contributed by atoms with van der Waals surface area (Å²) in [6.07, 6.45) is 0. The summed E-state index contributed by atoms with van der Waals surface area (Å²) in [5, 5.41) is 4.02. The Morgan fingerprint density at radius 1 is 1.00 bits per heavy atom. The molecule has 0 spiro atoms. The lowest BCUT2D eigenvalue weighted by Crippen LogP contribution is -2.11. The Morgan fingerprint density at radius 2 is 1.67 bits per heavy atom. The molecule has 1 N–H and O–H groups in total. The molecule has 2 aromatic rings. The van der Waals surface area contributed by atoms with Crippen LogP contribution >= 0.6 is 11.6 Å². The zero-order valence-corrected chi connectivity index (χ0v) is 11.1. The van der Waals surface area contributed by atoms with Gasteiger partial charge in [-0.1, -0.05) is 29.3 Å². The fourth-order valence-corrected chi connectivity index (χ4v) is 1.69. The summed E-state index contributed by atoms with van der Waals surface area (Å²) in [5.74, 6) is 0.901. The fraction of sp³-hybridized carbons (Fsp3) is 0.200. The summed E-state index contributed by atoms with van der Waals surface area (Å²) >= 11 is 5.81. The Morgan fingerprint density at radius 3 is 2.33 bits per heavy atom. The van der Waals surface area contributed by atoms with E-state index in [1.165, 1.54) is 5.56 Å². The molecule has 0 unspecified atom stereocenters. The van der Waals surface area contributed by atoms with Crippen LogP contribution in [0.4, 0.5) is 5.69 Å². The number of hydrogen-bond acceptors (Lipinski definition) is 2.